The van der Waals surface area contributed by atoms with Crippen molar-refractivity contribution >= 4 is 5.78 Å². The number of methoxy groups -OCH3 is 1. The summed E-state index contributed by atoms with van der Waals surface area (Å²) in [4.78, 5) is 15.0. The minimum Gasteiger partial charge on any atom is -0.497 e. The third-order valence-corrected chi connectivity index (χ3v) is 6.74. The van der Waals surface area contributed by atoms with Crippen LogP contribution in [0.2, 0.25) is 0 Å². The van der Waals surface area contributed by atoms with E-state index in [0.29, 0.717) is 18.5 Å². The van der Waals surface area contributed by atoms with E-state index in [0.717, 1.165) is 55.5 Å². The summed E-state index contributed by atoms with van der Waals surface area (Å²) < 4.78 is 5.25. The molecule has 0 aromatic heterocycles. The fourth-order valence-corrected chi connectivity index (χ4v) is 5.12. The van der Waals surface area contributed by atoms with Gasteiger partial charge in [0.2, 0.25) is 0 Å². The summed E-state index contributed by atoms with van der Waals surface area (Å²) in [7, 11) is 1.66. The number of hydrogen-bond donors (Lipinski definition) is 1. The van der Waals surface area contributed by atoms with Gasteiger partial charge >= 0.3 is 0 Å². The zero-order chi connectivity index (χ0) is 20.4. The van der Waals surface area contributed by atoms with Crippen LogP contribution in [0.25, 0.3) is 0 Å². The highest BCUT2D eigenvalue weighted by Crippen LogP contribution is 2.45. The highest BCUT2D eigenvalue weighted by atomic mass is 16.5. The van der Waals surface area contributed by atoms with E-state index in [9.17, 15) is 9.90 Å². The molecule has 0 saturated carbocycles. The number of aryl methyl sites for hydroxylation is 1. The normalized spacial score (nSPS) is 26.4. The summed E-state index contributed by atoms with van der Waals surface area (Å²) in [6.07, 6.45) is 5.26. The largest absolute Gasteiger partial charge is 0.497 e. The van der Waals surface area contributed by atoms with Gasteiger partial charge in [-0.25, -0.2) is 0 Å². The molecule has 2 aromatic carbocycles. The van der Waals surface area contributed by atoms with Gasteiger partial charge in [-0.05, 0) is 63.3 Å². The maximum Gasteiger partial charge on any atom is 0.162 e. The van der Waals surface area contributed by atoms with Crippen molar-refractivity contribution in [3.63, 3.8) is 0 Å². The summed E-state index contributed by atoms with van der Waals surface area (Å²) in [6, 6.07) is 16.5. The first-order valence-electron chi connectivity index (χ1n) is 10.7. The predicted molar refractivity (Wildman–Crippen MR) is 114 cm³/mol. The first kappa shape index (κ1) is 20.1. The first-order chi connectivity index (χ1) is 14.0. The number of carbonyl (C=O) groups is 1. The number of Topliss-reactive ketones (excluding diaryl/α,β-unsaturated/α-hetero) is 1. The number of aliphatic hydroxyl groups is 1. The minimum atomic E-state index is -0.758. The Morgan fingerprint density at radius 1 is 1.07 bits per heavy atom. The number of ketones is 1. The van der Waals surface area contributed by atoms with Crippen LogP contribution < -0.4 is 4.74 Å². The molecule has 0 aliphatic carbocycles. The van der Waals surface area contributed by atoms with Crippen LogP contribution in [0.4, 0.5) is 0 Å². The summed E-state index contributed by atoms with van der Waals surface area (Å²) in [5.74, 6) is 1.04. The van der Waals surface area contributed by atoms with E-state index in [1.807, 2.05) is 55.5 Å². The van der Waals surface area contributed by atoms with Crippen molar-refractivity contribution in [2.75, 3.05) is 13.7 Å². The summed E-state index contributed by atoms with van der Waals surface area (Å²) in [5.41, 5.74) is 2.22. The van der Waals surface area contributed by atoms with Crippen molar-refractivity contribution in [1.82, 2.24) is 4.90 Å². The molecular weight excluding hydrogens is 362 g/mol. The molecule has 1 N–H and O–H groups in total. The molecule has 0 spiro atoms. The van der Waals surface area contributed by atoms with Gasteiger partial charge in [-0.15, -0.1) is 0 Å². The summed E-state index contributed by atoms with van der Waals surface area (Å²) >= 11 is 0. The second-order valence-corrected chi connectivity index (χ2v) is 8.68. The number of benzene rings is 2. The van der Waals surface area contributed by atoms with Crippen LogP contribution in [0, 0.1) is 6.92 Å². The molecule has 2 unspecified atom stereocenters. The lowest BCUT2D eigenvalue weighted by atomic mass is 9.80. The van der Waals surface area contributed by atoms with Gasteiger partial charge in [0.1, 0.15) is 5.75 Å². The topological polar surface area (TPSA) is 49.8 Å². The lowest BCUT2D eigenvalue weighted by Gasteiger charge is -2.44. The molecule has 2 fully saturated rings. The van der Waals surface area contributed by atoms with Crippen molar-refractivity contribution in [2.24, 2.45) is 0 Å². The van der Waals surface area contributed by atoms with E-state index in [1.165, 1.54) is 5.56 Å². The van der Waals surface area contributed by atoms with E-state index < -0.39 is 5.60 Å². The average molecular weight is 394 g/mol. The minimum absolute atomic E-state index is 0.226. The number of hydrogen-bond acceptors (Lipinski definition) is 4. The Balaban J connectivity index is 1.34. The van der Waals surface area contributed by atoms with Crippen molar-refractivity contribution in [3.8, 4) is 5.75 Å². The lowest BCUT2D eigenvalue weighted by molar-refractivity contribution is -0.0570. The quantitative estimate of drug-likeness (QED) is 0.705. The Hall–Kier alpha value is -2.17. The number of fused-ring (bicyclic) bond motifs is 2. The van der Waals surface area contributed by atoms with Gasteiger partial charge in [0.25, 0.3) is 0 Å². The van der Waals surface area contributed by atoms with E-state index in [4.69, 9.17) is 4.74 Å². The number of nitrogens with zero attached hydrogens (tertiary/aromatic N) is 1. The molecule has 154 valence electrons. The van der Waals surface area contributed by atoms with E-state index in [-0.39, 0.29) is 5.78 Å². The van der Waals surface area contributed by atoms with Crippen molar-refractivity contribution < 1.29 is 14.6 Å². The highest BCUT2D eigenvalue weighted by molar-refractivity contribution is 5.96. The third-order valence-electron chi connectivity index (χ3n) is 6.74. The second kappa shape index (κ2) is 8.29. The van der Waals surface area contributed by atoms with Gasteiger partial charge in [-0.2, -0.15) is 0 Å². The smallest absolute Gasteiger partial charge is 0.162 e. The van der Waals surface area contributed by atoms with Gasteiger partial charge < -0.3 is 9.84 Å². The molecule has 4 heteroatoms. The predicted octanol–water partition coefficient (Wildman–Crippen LogP) is 4.48. The molecule has 4 nitrogen and oxygen atoms in total. The van der Waals surface area contributed by atoms with Crippen molar-refractivity contribution in [3.05, 3.63) is 65.2 Å². The SMILES string of the molecule is COc1ccc(C2(O)CC3CCC(C2)N3CCCC(=O)c2ccc(C)cc2)cc1. The maximum atomic E-state index is 12.4. The second-order valence-electron chi connectivity index (χ2n) is 8.68. The van der Waals surface area contributed by atoms with Gasteiger partial charge in [-0.3, -0.25) is 9.69 Å². The Bertz CT molecular complexity index is 829. The molecule has 0 radical (unpaired) electrons. The number of piperidine rings is 1. The van der Waals surface area contributed by atoms with Crippen LogP contribution in [-0.2, 0) is 5.60 Å². The van der Waals surface area contributed by atoms with Crippen LogP contribution in [0.1, 0.15) is 60.0 Å². The molecule has 2 heterocycles. The summed E-state index contributed by atoms with van der Waals surface area (Å²) in [5, 5.41) is 11.4. The van der Waals surface area contributed by atoms with Crippen LogP contribution in [0.15, 0.2) is 48.5 Å². The van der Waals surface area contributed by atoms with Gasteiger partial charge in [-0.1, -0.05) is 42.0 Å². The number of ether oxygens (including phenoxy) is 1. The Morgan fingerprint density at radius 2 is 1.69 bits per heavy atom. The molecule has 2 saturated heterocycles. The molecule has 29 heavy (non-hydrogen) atoms. The van der Waals surface area contributed by atoms with Gasteiger partial charge in [0.05, 0.1) is 12.7 Å². The van der Waals surface area contributed by atoms with E-state index in [2.05, 4.69) is 4.90 Å². The van der Waals surface area contributed by atoms with E-state index >= 15 is 0 Å². The highest BCUT2D eigenvalue weighted by Gasteiger charge is 2.47. The van der Waals surface area contributed by atoms with Crippen LogP contribution in [0.3, 0.4) is 0 Å². The lowest BCUT2D eigenvalue weighted by Crippen LogP contribution is -2.49. The zero-order valence-electron chi connectivity index (χ0n) is 17.4. The van der Waals surface area contributed by atoms with Gasteiger partial charge in [0, 0.05) is 24.1 Å². The molecule has 2 atom stereocenters. The van der Waals surface area contributed by atoms with E-state index in [1.54, 1.807) is 7.11 Å². The molecule has 2 aliphatic rings. The summed E-state index contributed by atoms with van der Waals surface area (Å²) in [6.45, 7) is 2.97. The van der Waals surface area contributed by atoms with Crippen LogP contribution >= 0.6 is 0 Å². The molecular formula is C25H31NO3. The van der Waals surface area contributed by atoms with Crippen LogP contribution in [0.5, 0.6) is 5.75 Å². The van der Waals surface area contributed by atoms with Crippen LogP contribution in [-0.4, -0.2) is 41.5 Å². The Labute approximate surface area is 173 Å². The molecule has 4 rings (SSSR count). The number of rotatable bonds is 7. The average Bonchev–Trinajstić information content (AvgIpc) is 2.98. The standard InChI is InChI=1S/C25H31NO3/c1-18-5-7-19(8-6-18)24(27)4-3-15-26-21-11-12-22(26)17-25(28,16-21)20-9-13-23(29-2)14-10-20/h5-10,13-14,21-22,28H,3-4,11-12,15-17H2,1-2H3. The molecule has 2 aliphatic heterocycles. The van der Waals surface area contributed by atoms with Crippen molar-refractivity contribution in [1.29, 1.82) is 0 Å². The first-order valence-corrected chi connectivity index (χ1v) is 10.7. The molecule has 2 aromatic rings. The monoisotopic (exact) mass is 393 g/mol. The maximum absolute atomic E-state index is 12.4. The molecule has 0 amide bonds. The third kappa shape index (κ3) is 4.24. The fraction of sp³-hybridized carbons (Fsp3) is 0.480. The Morgan fingerprint density at radius 3 is 2.28 bits per heavy atom. The van der Waals surface area contributed by atoms with Crippen molar-refractivity contribution in [2.45, 2.75) is 63.1 Å². The number of carbonyl (C=O) groups excluding carboxylic acids is 1. The zero-order valence-corrected chi connectivity index (χ0v) is 17.4. The molecule has 2 bridgehead atoms. The van der Waals surface area contributed by atoms with Gasteiger partial charge in [0.15, 0.2) is 5.78 Å². The fourth-order valence-electron chi connectivity index (χ4n) is 5.12. The Kier molecular flexibility index (Phi) is 5.75.